The predicted octanol–water partition coefficient (Wildman–Crippen LogP) is 3.60. The van der Waals surface area contributed by atoms with Crippen molar-refractivity contribution in [3.05, 3.63) is 45.6 Å². The fraction of sp³-hybridized carbons (Fsp3) is 0.375. The van der Waals surface area contributed by atoms with Crippen LogP contribution in [0.4, 0.5) is 0 Å². The number of benzene rings is 1. The predicted molar refractivity (Wildman–Crippen MR) is 81.9 cm³/mol. The molecule has 1 atom stereocenters. The Labute approximate surface area is 123 Å². The van der Waals surface area contributed by atoms with E-state index in [-0.39, 0.29) is 0 Å². The number of aliphatic hydroxyl groups excluding tert-OH is 1. The molecule has 0 aliphatic carbocycles. The van der Waals surface area contributed by atoms with E-state index in [9.17, 15) is 5.11 Å². The highest BCUT2D eigenvalue weighted by Crippen LogP contribution is 2.31. The Kier molecular flexibility index (Phi) is 5.04. The highest BCUT2D eigenvalue weighted by atomic mass is 32.1. The van der Waals surface area contributed by atoms with E-state index in [2.05, 4.69) is 13.0 Å². The van der Waals surface area contributed by atoms with E-state index in [1.165, 1.54) is 4.88 Å². The first kappa shape index (κ1) is 14.9. The first-order valence-electron chi connectivity index (χ1n) is 6.65. The van der Waals surface area contributed by atoms with Crippen LogP contribution in [0.1, 0.15) is 28.3 Å². The molecule has 0 fully saturated rings. The molecular weight excluding hydrogens is 272 g/mol. The normalized spacial score (nSPS) is 12.2. The van der Waals surface area contributed by atoms with Gasteiger partial charge in [-0.2, -0.15) is 0 Å². The van der Waals surface area contributed by atoms with Gasteiger partial charge in [0.1, 0.15) is 0 Å². The summed E-state index contributed by atoms with van der Waals surface area (Å²) in [4.78, 5) is 2.31. The Morgan fingerprint density at radius 2 is 1.85 bits per heavy atom. The third-order valence-corrected chi connectivity index (χ3v) is 4.57. The Morgan fingerprint density at radius 3 is 2.45 bits per heavy atom. The second-order valence-corrected chi connectivity index (χ2v) is 5.77. The molecule has 3 nitrogen and oxygen atoms in total. The van der Waals surface area contributed by atoms with Crippen molar-refractivity contribution >= 4 is 11.3 Å². The van der Waals surface area contributed by atoms with Crippen molar-refractivity contribution in [1.29, 1.82) is 0 Å². The second kappa shape index (κ2) is 6.77. The van der Waals surface area contributed by atoms with E-state index in [0.29, 0.717) is 17.9 Å². The summed E-state index contributed by atoms with van der Waals surface area (Å²) in [6, 6.07) is 9.83. The maximum absolute atomic E-state index is 10.3. The molecule has 0 spiro atoms. The number of ether oxygens (including phenoxy) is 2. The summed E-state index contributed by atoms with van der Waals surface area (Å²) in [5.74, 6) is 1.40. The number of thiophene rings is 1. The third kappa shape index (κ3) is 3.32. The quantitative estimate of drug-likeness (QED) is 0.884. The maximum atomic E-state index is 10.3. The van der Waals surface area contributed by atoms with Gasteiger partial charge in [0.05, 0.1) is 20.3 Å². The molecule has 20 heavy (non-hydrogen) atoms. The Hall–Kier alpha value is -1.52. The maximum Gasteiger partial charge on any atom is 0.160 e. The molecule has 1 N–H and O–H groups in total. The van der Waals surface area contributed by atoms with E-state index < -0.39 is 6.10 Å². The molecule has 1 aromatic heterocycles. The topological polar surface area (TPSA) is 38.7 Å². The fourth-order valence-corrected chi connectivity index (χ4v) is 3.03. The SMILES string of the molecule is CCc1ccc(C(O)Cc2ccc(OC)c(OC)c2)s1. The average Bonchev–Trinajstić information content (AvgIpc) is 2.96. The second-order valence-electron chi connectivity index (χ2n) is 4.57. The first-order valence-corrected chi connectivity index (χ1v) is 7.47. The monoisotopic (exact) mass is 292 g/mol. The van der Waals surface area contributed by atoms with Crippen LogP contribution in [0.15, 0.2) is 30.3 Å². The van der Waals surface area contributed by atoms with Crippen LogP contribution in [0.5, 0.6) is 11.5 Å². The summed E-state index contributed by atoms with van der Waals surface area (Å²) in [7, 11) is 3.23. The average molecular weight is 292 g/mol. The van der Waals surface area contributed by atoms with E-state index in [1.807, 2.05) is 24.3 Å². The van der Waals surface area contributed by atoms with Crippen LogP contribution in [0.2, 0.25) is 0 Å². The van der Waals surface area contributed by atoms with Gasteiger partial charge >= 0.3 is 0 Å². The number of rotatable bonds is 6. The lowest BCUT2D eigenvalue weighted by molar-refractivity contribution is 0.182. The number of hydrogen-bond acceptors (Lipinski definition) is 4. The number of methoxy groups -OCH3 is 2. The van der Waals surface area contributed by atoms with E-state index in [0.717, 1.165) is 16.9 Å². The highest BCUT2D eigenvalue weighted by Gasteiger charge is 2.13. The van der Waals surface area contributed by atoms with Crippen molar-refractivity contribution in [2.45, 2.75) is 25.9 Å². The van der Waals surface area contributed by atoms with Gasteiger partial charge in [-0.05, 0) is 36.2 Å². The zero-order valence-electron chi connectivity index (χ0n) is 12.1. The van der Waals surface area contributed by atoms with Crippen LogP contribution in [0.25, 0.3) is 0 Å². The van der Waals surface area contributed by atoms with E-state index in [1.54, 1.807) is 25.6 Å². The summed E-state index contributed by atoms with van der Waals surface area (Å²) >= 11 is 1.67. The molecule has 1 aromatic carbocycles. The molecule has 2 aromatic rings. The molecular formula is C16H20O3S. The van der Waals surface area contributed by atoms with Gasteiger partial charge in [0.25, 0.3) is 0 Å². The number of aryl methyl sites for hydroxylation is 1. The van der Waals surface area contributed by atoms with Gasteiger partial charge in [0, 0.05) is 16.2 Å². The summed E-state index contributed by atoms with van der Waals surface area (Å²) in [6.45, 7) is 2.12. The summed E-state index contributed by atoms with van der Waals surface area (Å²) in [5, 5.41) is 10.3. The molecule has 0 aliphatic rings. The summed E-state index contributed by atoms with van der Waals surface area (Å²) in [5.41, 5.74) is 1.03. The van der Waals surface area contributed by atoms with Crippen LogP contribution in [-0.4, -0.2) is 19.3 Å². The molecule has 0 amide bonds. The molecule has 0 saturated heterocycles. The molecule has 0 saturated carbocycles. The van der Waals surface area contributed by atoms with Crippen molar-refractivity contribution in [2.75, 3.05) is 14.2 Å². The van der Waals surface area contributed by atoms with Crippen LogP contribution >= 0.6 is 11.3 Å². The zero-order valence-corrected chi connectivity index (χ0v) is 12.9. The van der Waals surface area contributed by atoms with Crippen LogP contribution in [0.3, 0.4) is 0 Å². The third-order valence-electron chi connectivity index (χ3n) is 3.24. The molecule has 0 bridgehead atoms. The van der Waals surface area contributed by atoms with Crippen LogP contribution < -0.4 is 9.47 Å². The summed E-state index contributed by atoms with van der Waals surface area (Å²) in [6.07, 6.45) is 1.11. The van der Waals surface area contributed by atoms with Gasteiger partial charge in [0.2, 0.25) is 0 Å². The molecule has 1 heterocycles. The Balaban J connectivity index is 2.12. The minimum atomic E-state index is -0.474. The van der Waals surface area contributed by atoms with Gasteiger partial charge in [-0.1, -0.05) is 13.0 Å². The first-order chi connectivity index (χ1) is 9.67. The standard InChI is InChI=1S/C16H20O3S/c1-4-12-6-8-16(20-12)13(17)9-11-5-7-14(18-2)15(10-11)19-3/h5-8,10,13,17H,4,9H2,1-3H3. The largest absolute Gasteiger partial charge is 0.493 e. The van der Waals surface area contributed by atoms with Gasteiger partial charge in [-0.15, -0.1) is 11.3 Å². The van der Waals surface area contributed by atoms with E-state index >= 15 is 0 Å². The van der Waals surface area contributed by atoms with Gasteiger partial charge in [0.15, 0.2) is 11.5 Å². The molecule has 2 rings (SSSR count). The highest BCUT2D eigenvalue weighted by molar-refractivity contribution is 7.12. The van der Waals surface area contributed by atoms with Crippen molar-refractivity contribution in [2.24, 2.45) is 0 Å². The number of hydrogen-bond donors (Lipinski definition) is 1. The van der Waals surface area contributed by atoms with Crippen molar-refractivity contribution in [1.82, 2.24) is 0 Å². The zero-order chi connectivity index (χ0) is 14.5. The smallest absolute Gasteiger partial charge is 0.160 e. The lowest BCUT2D eigenvalue weighted by Gasteiger charge is -2.12. The van der Waals surface area contributed by atoms with Crippen molar-refractivity contribution < 1.29 is 14.6 Å². The molecule has 108 valence electrons. The Morgan fingerprint density at radius 1 is 1.10 bits per heavy atom. The molecule has 0 aliphatic heterocycles. The van der Waals surface area contributed by atoms with Crippen molar-refractivity contribution in [3.63, 3.8) is 0 Å². The minimum absolute atomic E-state index is 0.474. The lowest BCUT2D eigenvalue weighted by atomic mass is 10.1. The van der Waals surface area contributed by atoms with Gasteiger partial charge in [-0.3, -0.25) is 0 Å². The molecule has 1 unspecified atom stereocenters. The molecule has 4 heteroatoms. The lowest BCUT2D eigenvalue weighted by Crippen LogP contribution is -2.00. The van der Waals surface area contributed by atoms with Gasteiger partial charge < -0.3 is 14.6 Å². The summed E-state index contributed by atoms with van der Waals surface area (Å²) < 4.78 is 10.5. The molecule has 0 radical (unpaired) electrons. The Bertz CT molecular complexity index is 563. The number of aliphatic hydroxyl groups is 1. The van der Waals surface area contributed by atoms with Crippen LogP contribution in [0, 0.1) is 0 Å². The van der Waals surface area contributed by atoms with Gasteiger partial charge in [-0.25, -0.2) is 0 Å². The van der Waals surface area contributed by atoms with Crippen molar-refractivity contribution in [3.8, 4) is 11.5 Å². The fourth-order valence-electron chi connectivity index (χ4n) is 2.10. The minimum Gasteiger partial charge on any atom is -0.493 e. The van der Waals surface area contributed by atoms with Crippen LogP contribution in [-0.2, 0) is 12.8 Å². The van der Waals surface area contributed by atoms with E-state index in [4.69, 9.17) is 9.47 Å².